The summed E-state index contributed by atoms with van der Waals surface area (Å²) in [6.45, 7) is 4.36. The van der Waals surface area contributed by atoms with Gasteiger partial charge in [-0.25, -0.2) is 4.99 Å². The first kappa shape index (κ1) is 14.4. The summed E-state index contributed by atoms with van der Waals surface area (Å²) in [5, 5.41) is 0. The fraction of sp³-hybridized carbons (Fsp3) is 0.867. The molecule has 0 heterocycles. The molecule has 1 aliphatic rings. The second kappa shape index (κ2) is 8.43. The van der Waals surface area contributed by atoms with Crippen molar-refractivity contribution in [3.8, 4) is 0 Å². The number of aliphatic imine (C=N–C) groups is 2. The zero-order valence-electron chi connectivity index (χ0n) is 11.8. The standard InChI is InChI=1S/C15H28N2/c1-4-5-12-15(16-3)17-13(2)8-6-9-14-10-7-11-14/h14H,4-12H2,1-3H3. The van der Waals surface area contributed by atoms with Gasteiger partial charge < -0.3 is 0 Å². The molecule has 2 heteroatoms. The van der Waals surface area contributed by atoms with Gasteiger partial charge in [0.05, 0.1) is 0 Å². The number of amidine groups is 1. The van der Waals surface area contributed by atoms with Crippen LogP contribution in [-0.2, 0) is 0 Å². The van der Waals surface area contributed by atoms with Crippen LogP contribution >= 0.6 is 0 Å². The van der Waals surface area contributed by atoms with E-state index in [0.717, 1.165) is 24.6 Å². The van der Waals surface area contributed by atoms with Gasteiger partial charge in [0.2, 0.25) is 0 Å². The third kappa shape index (κ3) is 5.99. The first-order valence-corrected chi connectivity index (χ1v) is 7.26. The molecule has 0 N–H and O–H groups in total. The fourth-order valence-corrected chi connectivity index (χ4v) is 2.26. The van der Waals surface area contributed by atoms with Gasteiger partial charge in [-0.3, -0.25) is 4.99 Å². The van der Waals surface area contributed by atoms with Crippen LogP contribution in [0.1, 0.15) is 71.6 Å². The van der Waals surface area contributed by atoms with E-state index in [1.165, 1.54) is 50.7 Å². The fourth-order valence-electron chi connectivity index (χ4n) is 2.26. The number of nitrogens with zero attached hydrogens (tertiary/aromatic N) is 2. The summed E-state index contributed by atoms with van der Waals surface area (Å²) in [5.74, 6) is 2.06. The summed E-state index contributed by atoms with van der Waals surface area (Å²) in [7, 11) is 1.86. The molecule has 98 valence electrons. The lowest BCUT2D eigenvalue weighted by atomic mass is 9.82. The van der Waals surface area contributed by atoms with Gasteiger partial charge in [0, 0.05) is 19.2 Å². The molecule has 0 spiro atoms. The van der Waals surface area contributed by atoms with E-state index in [-0.39, 0.29) is 0 Å². The molecular weight excluding hydrogens is 208 g/mol. The Morgan fingerprint density at radius 2 is 1.94 bits per heavy atom. The van der Waals surface area contributed by atoms with Crippen LogP contribution < -0.4 is 0 Å². The minimum absolute atomic E-state index is 1.03. The molecule has 17 heavy (non-hydrogen) atoms. The van der Waals surface area contributed by atoms with Gasteiger partial charge in [-0.2, -0.15) is 0 Å². The van der Waals surface area contributed by atoms with E-state index in [9.17, 15) is 0 Å². The highest BCUT2D eigenvalue weighted by molar-refractivity contribution is 5.96. The minimum atomic E-state index is 1.03. The highest BCUT2D eigenvalue weighted by Gasteiger charge is 2.16. The Bertz CT molecular complexity index is 262. The van der Waals surface area contributed by atoms with E-state index in [2.05, 4.69) is 23.8 Å². The summed E-state index contributed by atoms with van der Waals surface area (Å²) in [4.78, 5) is 8.91. The normalized spacial score (nSPS) is 18.3. The lowest BCUT2D eigenvalue weighted by Gasteiger charge is -2.24. The van der Waals surface area contributed by atoms with E-state index in [4.69, 9.17) is 0 Å². The summed E-state index contributed by atoms with van der Waals surface area (Å²) < 4.78 is 0. The molecule has 0 saturated heterocycles. The SMILES string of the molecule is CCCCC(N=C(C)CCCC1CCC1)=NC. The van der Waals surface area contributed by atoms with Crippen molar-refractivity contribution in [2.24, 2.45) is 15.9 Å². The maximum atomic E-state index is 4.64. The monoisotopic (exact) mass is 236 g/mol. The molecule has 1 rings (SSSR count). The summed E-state index contributed by atoms with van der Waals surface area (Å²) >= 11 is 0. The quantitative estimate of drug-likeness (QED) is 0.454. The van der Waals surface area contributed by atoms with Crippen LogP contribution in [0.25, 0.3) is 0 Å². The van der Waals surface area contributed by atoms with E-state index in [1.807, 2.05) is 7.05 Å². The van der Waals surface area contributed by atoms with Crippen LogP contribution in [0, 0.1) is 5.92 Å². The number of hydrogen-bond donors (Lipinski definition) is 0. The molecule has 0 bridgehead atoms. The molecule has 2 nitrogen and oxygen atoms in total. The van der Waals surface area contributed by atoms with E-state index in [1.54, 1.807) is 0 Å². The van der Waals surface area contributed by atoms with E-state index >= 15 is 0 Å². The molecular formula is C15H28N2. The topological polar surface area (TPSA) is 24.7 Å². The van der Waals surface area contributed by atoms with Crippen LogP contribution in [0.4, 0.5) is 0 Å². The largest absolute Gasteiger partial charge is 0.274 e. The van der Waals surface area contributed by atoms with E-state index < -0.39 is 0 Å². The number of hydrogen-bond acceptors (Lipinski definition) is 1. The van der Waals surface area contributed by atoms with Crippen molar-refractivity contribution in [1.82, 2.24) is 0 Å². The van der Waals surface area contributed by atoms with Crippen molar-refractivity contribution < 1.29 is 0 Å². The van der Waals surface area contributed by atoms with Crippen molar-refractivity contribution in [2.45, 2.75) is 71.6 Å². The Kier molecular flexibility index (Phi) is 7.14. The molecule has 0 atom stereocenters. The van der Waals surface area contributed by atoms with Crippen LogP contribution in [0.3, 0.4) is 0 Å². The number of rotatable bonds is 7. The zero-order valence-corrected chi connectivity index (χ0v) is 11.8. The average Bonchev–Trinajstić information content (AvgIpc) is 2.27. The van der Waals surface area contributed by atoms with Crippen molar-refractivity contribution in [2.75, 3.05) is 7.05 Å². The van der Waals surface area contributed by atoms with Crippen LogP contribution in [0.5, 0.6) is 0 Å². The molecule has 0 aromatic heterocycles. The Hall–Kier alpha value is -0.660. The molecule has 1 saturated carbocycles. The van der Waals surface area contributed by atoms with Gasteiger partial charge in [0.1, 0.15) is 5.84 Å². The summed E-state index contributed by atoms with van der Waals surface area (Å²) in [5.41, 5.74) is 1.26. The predicted octanol–water partition coefficient (Wildman–Crippen LogP) is 4.64. The van der Waals surface area contributed by atoms with Gasteiger partial charge in [-0.15, -0.1) is 0 Å². The minimum Gasteiger partial charge on any atom is -0.274 e. The van der Waals surface area contributed by atoms with Crippen molar-refractivity contribution in [3.63, 3.8) is 0 Å². The average molecular weight is 236 g/mol. The Balaban J connectivity index is 2.20. The molecule has 0 amide bonds. The second-order valence-electron chi connectivity index (χ2n) is 5.28. The van der Waals surface area contributed by atoms with Gasteiger partial charge in [0.15, 0.2) is 0 Å². The Morgan fingerprint density at radius 3 is 2.47 bits per heavy atom. The molecule has 0 unspecified atom stereocenters. The lowest BCUT2D eigenvalue weighted by Crippen LogP contribution is -2.11. The Labute approximate surface area is 107 Å². The molecule has 1 aliphatic carbocycles. The summed E-state index contributed by atoms with van der Waals surface area (Å²) in [6.07, 6.45) is 11.7. The van der Waals surface area contributed by atoms with Gasteiger partial charge in [-0.1, -0.05) is 39.0 Å². The highest BCUT2D eigenvalue weighted by atomic mass is 14.9. The first-order chi connectivity index (χ1) is 8.26. The van der Waals surface area contributed by atoms with Crippen molar-refractivity contribution in [3.05, 3.63) is 0 Å². The molecule has 1 fully saturated rings. The second-order valence-corrected chi connectivity index (χ2v) is 5.28. The smallest absolute Gasteiger partial charge is 0.122 e. The molecule has 0 aromatic carbocycles. The van der Waals surface area contributed by atoms with Crippen molar-refractivity contribution in [1.29, 1.82) is 0 Å². The van der Waals surface area contributed by atoms with E-state index in [0.29, 0.717) is 0 Å². The summed E-state index contributed by atoms with van der Waals surface area (Å²) in [6, 6.07) is 0. The van der Waals surface area contributed by atoms with Gasteiger partial charge in [0.25, 0.3) is 0 Å². The Morgan fingerprint density at radius 1 is 1.18 bits per heavy atom. The maximum Gasteiger partial charge on any atom is 0.122 e. The van der Waals surface area contributed by atoms with Gasteiger partial charge >= 0.3 is 0 Å². The third-order valence-corrected chi connectivity index (χ3v) is 3.71. The molecule has 0 aromatic rings. The van der Waals surface area contributed by atoms with Crippen LogP contribution in [-0.4, -0.2) is 18.6 Å². The zero-order chi connectivity index (χ0) is 12.5. The highest BCUT2D eigenvalue weighted by Crippen LogP contribution is 2.30. The third-order valence-electron chi connectivity index (χ3n) is 3.71. The van der Waals surface area contributed by atoms with Gasteiger partial charge in [-0.05, 0) is 32.1 Å². The molecule has 0 radical (unpaired) electrons. The number of unbranched alkanes of at least 4 members (excludes halogenated alkanes) is 1. The maximum absolute atomic E-state index is 4.64. The molecule has 0 aliphatic heterocycles. The van der Waals surface area contributed by atoms with Crippen LogP contribution in [0.2, 0.25) is 0 Å². The predicted molar refractivity (Wildman–Crippen MR) is 77.2 cm³/mol. The van der Waals surface area contributed by atoms with Crippen molar-refractivity contribution >= 4 is 11.5 Å². The van der Waals surface area contributed by atoms with Crippen LogP contribution in [0.15, 0.2) is 9.98 Å². The first-order valence-electron chi connectivity index (χ1n) is 7.26. The lowest BCUT2D eigenvalue weighted by molar-refractivity contribution is 0.291.